The van der Waals surface area contributed by atoms with Gasteiger partial charge in [0.05, 0.1) is 12.2 Å². The van der Waals surface area contributed by atoms with Crippen LogP contribution in [0, 0.1) is 23.7 Å². The van der Waals surface area contributed by atoms with Crippen molar-refractivity contribution < 1.29 is 14.3 Å². The van der Waals surface area contributed by atoms with Crippen LogP contribution in [0.15, 0.2) is 12.7 Å². The molecule has 0 aromatic heterocycles. The maximum absolute atomic E-state index is 10.7. The lowest BCUT2D eigenvalue weighted by Crippen LogP contribution is -2.53. The fourth-order valence-corrected chi connectivity index (χ4v) is 4.45. The maximum atomic E-state index is 10.7. The maximum Gasteiger partial charge on any atom is 0.169 e. The molecule has 7 atom stereocenters. The molecule has 144 valence electrons. The summed E-state index contributed by atoms with van der Waals surface area (Å²) in [6.45, 7) is 12.9. The quantitative estimate of drug-likeness (QED) is 0.426. The average Bonchev–Trinajstić information content (AvgIpc) is 2.62. The summed E-state index contributed by atoms with van der Waals surface area (Å²) in [6, 6.07) is 0. The van der Waals surface area contributed by atoms with E-state index in [0.29, 0.717) is 30.1 Å². The Bertz CT molecular complexity index is 431. The van der Waals surface area contributed by atoms with E-state index >= 15 is 0 Å². The van der Waals surface area contributed by atoms with Crippen LogP contribution < -0.4 is 0 Å². The molecule has 0 saturated carbocycles. The number of ether oxygens (including phenoxy) is 2. The van der Waals surface area contributed by atoms with Crippen LogP contribution in [-0.4, -0.2) is 24.3 Å². The summed E-state index contributed by atoms with van der Waals surface area (Å²) in [7, 11) is 0. The number of hydrogen-bond acceptors (Lipinski definition) is 3. The standard InChI is InChI=1S/C22H38O3/c1-6-16(2)9-10-20-17(3)11-13-22(24-20)14-12-19(5)21(25-22)18(4)8-7-15-23/h6,15-21H,1,7-14H2,2-5H3/t16-,17-,18-,19+,20+,21+,22-/m1/s1. The molecule has 0 radical (unpaired) electrons. The summed E-state index contributed by atoms with van der Waals surface area (Å²) in [4.78, 5) is 10.7. The van der Waals surface area contributed by atoms with Crippen LogP contribution in [0.3, 0.4) is 0 Å². The molecule has 2 aliphatic rings. The lowest BCUT2D eigenvalue weighted by molar-refractivity contribution is -0.337. The van der Waals surface area contributed by atoms with E-state index in [4.69, 9.17) is 9.47 Å². The number of carbonyl (C=O) groups excluding carboxylic acids is 1. The largest absolute Gasteiger partial charge is 0.346 e. The molecule has 0 aliphatic carbocycles. The smallest absolute Gasteiger partial charge is 0.169 e. The Kier molecular flexibility index (Phi) is 7.69. The van der Waals surface area contributed by atoms with Crippen molar-refractivity contribution in [1.29, 1.82) is 0 Å². The topological polar surface area (TPSA) is 35.5 Å². The molecule has 0 aromatic rings. The molecule has 1 spiro atoms. The molecule has 2 heterocycles. The molecular formula is C22H38O3. The van der Waals surface area contributed by atoms with Crippen molar-refractivity contribution in [2.45, 2.75) is 97.1 Å². The number of carbonyl (C=O) groups is 1. The number of allylic oxidation sites excluding steroid dienone is 1. The third-order valence-electron chi connectivity index (χ3n) is 6.48. The Balaban J connectivity index is 2.00. The summed E-state index contributed by atoms with van der Waals surface area (Å²) in [5, 5.41) is 0. The van der Waals surface area contributed by atoms with Crippen molar-refractivity contribution in [3.8, 4) is 0 Å². The van der Waals surface area contributed by atoms with Crippen molar-refractivity contribution >= 4 is 6.29 Å². The van der Waals surface area contributed by atoms with Crippen molar-refractivity contribution in [3.05, 3.63) is 12.7 Å². The molecule has 0 amide bonds. The summed E-state index contributed by atoms with van der Waals surface area (Å²) in [6.07, 6.45) is 11.6. The van der Waals surface area contributed by atoms with E-state index in [1.807, 2.05) is 6.08 Å². The van der Waals surface area contributed by atoms with Crippen LogP contribution in [0.25, 0.3) is 0 Å². The van der Waals surface area contributed by atoms with Crippen LogP contribution in [0.2, 0.25) is 0 Å². The molecular weight excluding hydrogens is 312 g/mol. The third-order valence-corrected chi connectivity index (χ3v) is 6.48. The second-order valence-electron chi connectivity index (χ2n) is 8.69. The molecule has 0 unspecified atom stereocenters. The zero-order valence-corrected chi connectivity index (χ0v) is 16.7. The lowest BCUT2D eigenvalue weighted by atomic mass is 9.80. The summed E-state index contributed by atoms with van der Waals surface area (Å²) < 4.78 is 13.3. The normalized spacial score (nSPS) is 38.2. The van der Waals surface area contributed by atoms with Crippen LogP contribution in [-0.2, 0) is 14.3 Å². The number of hydrogen-bond donors (Lipinski definition) is 0. The van der Waals surface area contributed by atoms with Crippen LogP contribution in [0.1, 0.15) is 79.1 Å². The average molecular weight is 351 g/mol. The molecule has 2 rings (SSSR count). The first-order valence-electron chi connectivity index (χ1n) is 10.3. The van der Waals surface area contributed by atoms with Gasteiger partial charge in [-0.05, 0) is 55.8 Å². The van der Waals surface area contributed by atoms with Crippen LogP contribution in [0.5, 0.6) is 0 Å². The van der Waals surface area contributed by atoms with Crippen molar-refractivity contribution in [3.63, 3.8) is 0 Å². The monoisotopic (exact) mass is 350 g/mol. The zero-order valence-electron chi connectivity index (χ0n) is 16.7. The minimum Gasteiger partial charge on any atom is -0.346 e. The molecule has 0 N–H and O–H groups in total. The SMILES string of the molecule is C=C[C@@H](C)CC[C@@H]1O[C@@]2(CC[C@H]1C)CC[C@H](C)[C@H]([C@H](C)CCC=O)O2. The lowest BCUT2D eigenvalue weighted by Gasteiger charge is -2.51. The first-order chi connectivity index (χ1) is 11.9. The highest BCUT2D eigenvalue weighted by atomic mass is 16.7. The second-order valence-corrected chi connectivity index (χ2v) is 8.69. The van der Waals surface area contributed by atoms with Gasteiger partial charge in [-0.2, -0.15) is 0 Å². The van der Waals surface area contributed by atoms with E-state index in [1.54, 1.807) is 0 Å². The first kappa shape index (κ1) is 20.6. The summed E-state index contributed by atoms with van der Waals surface area (Å²) >= 11 is 0. The molecule has 2 saturated heterocycles. The van der Waals surface area contributed by atoms with Crippen molar-refractivity contribution in [1.82, 2.24) is 0 Å². The molecule has 3 heteroatoms. The van der Waals surface area contributed by atoms with Crippen molar-refractivity contribution in [2.75, 3.05) is 0 Å². The Morgan fingerprint density at radius 2 is 1.80 bits per heavy atom. The summed E-state index contributed by atoms with van der Waals surface area (Å²) in [5.41, 5.74) is 0. The fraction of sp³-hybridized carbons (Fsp3) is 0.864. The molecule has 0 aromatic carbocycles. The molecule has 2 aliphatic heterocycles. The van der Waals surface area contributed by atoms with Gasteiger partial charge in [0, 0.05) is 19.3 Å². The number of rotatable bonds is 8. The van der Waals surface area contributed by atoms with E-state index in [0.717, 1.165) is 44.8 Å². The van der Waals surface area contributed by atoms with Gasteiger partial charge >= 0.3 is 0 Å². The van der Waals surface area contributed by atoms with Gasteiger partial charge in [-0.25, -0.2) is 0 Å². The van der Waals surface area contributed by atoms with Gasteiger partial charge in [-0.3, -0.25) is 0 Å². The zero-order chi connectivity index (χ0) is 18.4. The van der Waals surface area contributed by atoms with Gasteiger partial charge in [-0.1, -0.05) is 33.8 Å². The van der Waals surface area contributed by atoms with Gasteiger partial charge in [0.2, 0.25) is 0 Å². The van der Waals surface area contributed by atoms with E-state index in [-0.39, 0.29) is 18.0 Å². The predicted molar refractivity (Wildman–Crippen MR) is 102 cm³/mol. The van der Waals surface area contributed by atoms with Gasteiger partial charge in [0.1, 0.15) is 6.29 Å². The highest BCUT2D eigenvalue weighted by Crippen LogP contribution is 2.45. The Hall–Kier alpha value is -0.670. The minimum atomic E-state index is -0.388. The molecule has 2 fully saturated rings. The first-order valence-corrected chi connectivity index (χ1v) is 10.3. The molecule has 3 nitrogen and oxygen atoms in total. The molecule has 0 bridgehead atoms. The summed E-state index contributed by atoms with van der Waals surface area (Å²) in [5.74, 6) is 1.68. The Morgan fingerprint density at radius 3 is 2.44 bits per heavy atom. The highest BCUT2D eigenvalue weighted by molar-refractivity contribution is 5.49. The highest BCUT2D eigenvalue weighted by Gasteiger charge is 2.47. The van der Waals surface area contributed by atoms with E-state index in [1.165, 1.54) is 6.42 Å². The van der Waals surface area contributed by atoms with Crippen molar-refractivity contribution in [2.24, 2.45) is 23.7 Å². The van der Waals surface area contributed by atoms with Gasteiger partial charge in [0.15, 0.2) is 5.79 Å². The fourth-order valence-electron chi connectivity index (χ4n) is 4.45. The van der Waals surface area contributed by atoms with Gasteiger partial charge < -0.3 is 14.3 Å². The predicted octanol–water partition coefficient (Wildman–Crippen LogP) is 5.53. The van der Waals surface area contributed by atoms with Crippen LogP contribution >= 0.6 is 0 Å². The van der Waals surface area contributed by atoms with Crippen LogP contribution in [0.4, 0.5) is 0 Å². The Labute approximate surface area is 154 Å². The third kappa shape index (κ3) is 5.40. The van der Waals surface area contributed by atoms with E-state index in [9.17, 15) is 4.79 Å². The number of aldehydes is 1. The van der Waals surface area contributed by atoms with E-state index in [2.05, 4.69) is 34.3 Å². The minimum absolute atomic E-state index is 0.204. The second kappa shape index (κ2) is 9.32. The molecule has 25 heavy (non-hydrogen) atoms. The van der Waals surface area contributed by atoms with Gasteiger partial charge in [-0.15, -0.1) is 6.58 Å². The Morgan fingerprint density at radius 1 is 1.12 bits per heavy atom. The van der Waals surface area contributed by atoms with Gasteiger partial charge in [0.25, 0.3) is 0 Å². The van der Waals surface area contributed by atoms with E-state index < -0.39 is 0 Å².